The maximum Gasteiger partial charge on any atom is 0.310 e. The van der Waals surface area contributed by atoms with Crippen LogP contribution in [0.15, 0.2) is 169 Å². The van der Waals surface area contributed by atoms with Gasteiger partial charge in [-0.2, -0.15) is 0 Å². The van der Waals surface area contributed by atoms with Crippen LogP contribution >= 0.6 is 0 Å². The molecule has 0 aromatic heterocycles. The zero-order valence-corrected chi connectivity index (χ0v) is 34.2. The summed E-state index contributed by atoms with van der Waals surface area (Å²) in [5.74, 6) is -2.79. The fourth-order valence-electron chi connectivity index (χ4n) is 11.4. The van der Waals surface area contributed by atoms with E-state index in [0.717, 1.165) is 39.0 Å². The Kier molecular flexibility index (Phi) is 9.54. The van der Waals surface area contributed by atoms with Gasteiger partial charge in [0.15, 0.2) is 5.78 Å². The standard InChI is InChI=1S/C53H52O6/c1-35-29-45-50(56,48(35)55)33-38(34-58-53(41-19-11-6-12-20-41,42-21-13-7-14-22-42)43-23-15-8-16-24-43)30-44-47-49(3,4)51(47,32-36(2)52(44,45)57)59-46(54)31-37-25-27-40(28-26-37)39-17-9-5-10-18-39/h5-30,36,44-45,47,56-57H,31-34H2,1-4H3/t36-,44+,45-,47-,50-,51+,52-/m1/s1. The number of fused-ring (bicyclic) bond motifs is 5. The van der Waals surface area contributed by atoms with Gasteiger partial charge in [0.05, 0.1) is 18.6 Å². The largest absolute Gasteiger partial charge is 0.458 e. The molecule has 0 aliphatic heterocycles. The molecule has 2 saturated carbocycles. The second kappa shape index (κ2) is 14.4. The number of benzene rings is 5. The van der Waals surface area contributed by atoms with Crippen molar-refractivity contribution in [2.75, 3.05) is 6.61 Å². The minimum atomic E-state index is -1.87. The van der Waals surface area contributed by atoms with Crippen molar-refractivity contribution < 1.29 is 29.3 Å². The SMILES string of the molecule is CC1=C[C@H]2[C@@]3(O)[C@H](C)C[C@]4(OC(=O)Cc5ccc(-c6ccccc6)cc5)[C@H]([C@@H]3C=C(COC(c3ccccc3)(c3ccccc3)c3ccccc3)C[C@]2(O)C1=O)C4(C)C. The topological polar surface area (TPSA) is 93.1 Å². The highest BCUT2D eigenvalue weighted by atomic mass is 16.6. The molecule has 0 saturated heterocycles. The lowest BCUT2D eigenvalue weighted by molar-refractivity contribution is -0.186. The fourth-order valence-corrected chi connectivity index (χ4v) is 11.4. The maximum absolute atomic E-state index is 14.1. The van der Waals surface area contributed by atoms with Gasteiger partial charge in [0.25, 0.3) is 0 Å². The summed E-state index contributed by atoms with van der Waals surface area (Å²) in [5.41, 5.74) is 1.26. The predicted octanol–water partition coefficient (Wildman–Crippen LogP) is 9.44. The molecule has 5 aromatic rings. The number of ether oxygens (including phenoxy) is 2. The van der Waals surface area contributed by atoms with Crippen LogP contribution < -0.4 is 0 Å². The maximum atomic E-state index is 14.1. The zero-order valence-electron chi connectivity index (χ0n) is 34.2. The number of aliphatic hydroxyl groups is 2. The number of carbonyl (C=O) groups is 2. The molecule has 0 unspecified atom stereocenters. The van der Waals surface area contributed by atoms with Crippen molar-refractivity contribution >= 4 is 11.8 Å². The molecule has 4 aliphatic carbocycles. The molecule has 0 bridgehead atoms. The Morgan fingerprint density at radius 2 is 1.24 bits per heavy atom. The van der Waals surface area contributed by atoms with Crippen LogP contribution in [0.2, 0.25) is 0 Å². The summed E-state index contributed by atoms with van der Waals surface area (Å²) in [4.78, 5) is 28.0. The average Bonchev–Trinajstić information content (AvgIpc) is 3.65. The van der Waals surface area contributed by atoms with E-state index in [-0.39, 0.29) is 37.1 Å². The second-order valence-electron chi connectivity index (χ2n) is 18.0. The van der Waals surface area contributed by atoms with E-state index in [1.807, 2.05) is 104 Å². The first-order valence-electron chi connectivity index (χ1n) is 20.9. The van der Waals surface area contributed by atoms with Gasteiger partial charge in [-0.3, -0.25) is 9.59 Å². The summed E-state index contributed by atoms with van der Waals surface area (Å²) < 4.78 is 13.9. The molecule has 6 heteroatoms. The van der Waals surface area contributed by atoms with Crippen LogP contribution in [0.4, 0.5) is 0 Å². The highest BCUT2D eigenvalue weighted by Crippen LogP contribution is 2.76. The molecule has 59 heavy (non-hydrogen) atoms. The zero-order chi connectivity index (χ0) is 41.2. The van der Waals surface area contributed by atoms with E-state index in [0.29, 0.717) is 12.0 Å². The van der Waals surface area contributed by atoms with Gasteiger partial charge >= 0.3 is 5.97 Å². The van der Waals surface area contributed by atoms with Crippen LogP contribution in [0.5, 0.6) is 0 Å². The highest BCUT2D eigenvalue weighted by Gasteiger charge is 2.83. The van der Waals surface area contributed by atoms with Gasteiger partial charge < -0.3 is 19.7 Å². The Hall–Kier alpha value is -5.40. The second-order valence-corrected chi connectivity index (χ2v) is 18.0. The first-order chi connectivity index (χ1) is 28.3. The van der Waals surface area contributed by atoms with Crippen LogP contribution in [0.1, 0.15) is 62.8 Å². The van der Waals surface area contributed by atoms with Crippen LogP contribution in [0.25, 0.3) is 11.1 Å². The van der Waals surface area contributed by atoms with E-state index in [4.69, 9.17) is 9.47 Å². The molecular weight excluding hydrogens is 733 g/mol. The third-order valence-corrected chi connectivity index (χ3v) is 14.4. The molecule has 6 nitrogen and oxygen atoms in total. The highest BCUT2D eigenvalue weighted by molar-refractivity contribution is 6.04. The van der Waals surface area contributed by atoms with Gasteiger partial charge in [-0.15, -0.1) is 0 Å². The van der Waals surface area contributed by atoms with Gasteiger partial charge in [-0.25, -0.2) is 0 Å². The Labute approximate surface area is 347 Å². The van der Waals surface area contributed by atoms with Crippen LogP contribution in [0.3, 0.4) is 0 Å². The van der Waals surface area contributed by atoms with Gasteiger partial charge in [0.1, 0.15) is 16.8 Å². The summed E-state index contributed by atoms with van der Waals surface area (Å²) in [6.07, 6.45) is 4.39. The molecule has 0 radical (unpaired) electrons. The Morgan fingerprint density at radius 3 is 1.78 bits per heavy atom. The van der Waals surface area contributed by atoms with Crippen molar-refractivity contribution in [1.29, 1.82) is 0 Å². The number of hydrogen-bond acceptors (Lipinski definition) is 6. The Balaban J connectivity index is 1.08. The minimum absolute atomic E-state index is 0.00321. The van der Waals surface area contributed by atoms with Crippen molar-refractivity contribution in [3.63, 3.8) is 0 Å². The summed E-state index contributed by atoms with van der Waals surface area (Å²) >= 11 is 0. The van der Waals surface area contributed by atoms with Gasteiger partial charge in [0, 0.05) is 29.6 Å². The van der Waals surface area contributed by atoms with E-state index in [1.165, 1.54) is 0 Å². The molecule has 0 spiro atoms. The molecule has 5 aromatic carbocycles. The summed E-state index contributed by atoms with van der Waals surface area (Å²) in [5, 5.41) is 25.9. The van der Waals surface area contributed by atoms with Crippen molar-refractivity contribution in [3.8, 4) is 11.1 Å². The smallest absolute Gasteiger partial charge is 0.310 e. The lowest BCUT2D eigenvalue weighted by Crippen LogP contribution is -2.61. The molecule has 7 atom stereocenters. The molecule has 9 rings (SSSR count). The van der Waals surface area contributed by atoms with E-state index >= 15 is 0 Å². The van der Waals surface area contributed by atoms with Crippen molar-refractivity contribution in [2.24, 2.45) is 29.1 Å². The number of rotatable bonds is 10. The van der Waals surface area contributed by atoms with Crippen LogP contribution in [0, 0.1) is 29.1 Å². The van der Waals surface area contributed by atoms with Crippen LogP contribution in [-0.4, -0.2) is 45.4 Å². The third kappa shape index (κ3) is 6.10. The summed E-state index contributed by atoms with van der Waals surface area (Å²) in [7, 11) is 0. The van der Waals surface area contributed by atoms with E-state index in [1.54, 1.807) is 13.0 Å². The first kappa shape index (κ1) is 39.1. The molecule has 4 aliphatic rings. The van der Waals surface area contributed by atoms with Gasteiger partial charge in [0.2, 0.25) is 0 Å². The summed E-state index contributed by atoms with van der Waals surface area (Å²) in [6.45, 7) is 8.00. The number of hydrogen-bond donors (Lipinski definition) is 2. The number of ketones is 1. The molecule has 2 fully saturated rings. The third-order valence-electron chi connectivity index (χ3n) is 14.4. The number of Topliss-reactive ketones (excluding diaryl/α,β-unsaturated/α-hetero) is 1. The fraction of sp³-hybridized carbons (Fsp3) is 0.321. The van der Waals surface area contributed by atoms with Crippen molar-refractivity contribution in [2.45, 2.75) is 69.4 Å². The molecular formula is C53H52O6. The average molecular weight is 785 g/mol. The first-order valence-corrected chi connectivity index (χ1v) is 20.9. The predicted molar refractivity (Wildman–Crippen MR) is 229 cm³/mol. The molecule has 2 N–H and O–H groups in total. The Bertz CT molecular complexity index is 2330. The van der Waals surface area contributed by atoms with Gasteiger partial charge in [-0.05, 0) is 63.8 Å². The van der Waals surface area contributed by atoms with Crippen molar-refractivity contribution in [3.05, 3.63) is 191 Å². The molecule has 300 valence electrons. The lowest BCUT2D eigenvalue weighted by atomic mass is 9.60. The quantitative estimate of drug-likeness (QED) is 0.0833. The van der Waals surface area contributed by atoms with Gasteiger partial charge in [-0.1, -0.05) is 179 Å². The van der Waals surface area contributed by atoms with Crippen molar-refractivity contribution in [1.82, 2.24) is 0 Å². The van der Waals surface area contributed by atoms with E-state index < -0.39 is 45.6 Å². The minimum Gasteiger partial charge on any atom is -0.458 e. The monoisotopic (exact) mass is 784 g/mol. The van der Waals surface area contributed by atoms with Crippen LogP contribution in [-0.2, 0) is 31.1 Å². The normalized spacial score (nSPS) is 29.2. The molecule has 0 heterocycles. The van der Waals surface area contributed by atoms with E-state index in [9.17, 15) is 19.8 Å². The summed E-state index contributed by atoms with van der Waals surface area (Å²) in [6, 6.07) is 48.5. The Morgan fingerprint density at radius 1 is 0.729 bits per heavy atom. The number of carbonyl (C=O) groups excluding carboxylic acids is 2. The molecule has 0 amide bonds. The van der Waals surface area contributed by atoms with E-state index in [2.05, 4.69) is 68.5 Å². The lowest BCUT2D eigenvalue weighted by Gasteiger charge is -2.50. The number of esters is 1.